The highest BCUT2D eigenvalue weighted by molar-refractivity contribution is 5.80. The molecule has 44 heavy (non-hydrogen) atoms. The highest BCUT2D eigenvalue weighted by Gasteiger charge is 2.38. The molecule has 3 heterocycles. The Morgan fingerprint density at radius 2 is 1.89 bits per heavy atom. The first-order valence-electron chi connectivity index (χ1n) is 13.6. The summed E-state index contributed by atoms with van der Waals surface area (Å²) >= 11 is 0. The topological polar surface area (TPSA) is 94.7 Å². The number of hydrogen-bond acceptors (Lipinski definition) is 8. The Bertz CT molecular complexity index is 1710. The SMILES string of the molecule is CCCOc1ccc(-c2cc(C(C(=O)OC(C)(C)C)n3cnc4c3C=CN(c3cccc(F)c3F)N4)on2)c(C(F)(F)F)c1. The lowest BCUT2D eigenvalue weighted by molar-refractivity contribution is -0.158. The molecule has 0 fully saturated rings. The van der Waals surface area contributed by atoms with Gasteiger partial charge in [0.15, 0.2) is 29.3 Å². The maximum Gasteiger partial charge on any atom is 0.417 e. The molecule has 0 amide bonds. The lowest BCUT2D eigenvalue weighted by Crippen LogP contribution is -2.32. The van der Waals surface area contributed by atoms with Crippen LogP contribution in [0.15, 0.2) is 59.5 Å². The molecule has 9 nitrogen and oxygen atoms in total. The van der Waals surface area contributed by atoms with Crippen molar-refractivity contribution in [3.63, 3.8) is 0 Å². The van der Waals surface area contributed by atoms with E-state index >= 15 is 0 Å². The first kappa shape index (κ1) is 30.6. The third-order valence-electron chi connectivity index (χ3n) is 6.38. The summed E-state index contributed by atoms with van der Waals surface area (Å²) in [6.07, 6.45) is 0.0512. The zero-order valence-corrected chi connectivity index (χ0v) is 24.1. The third-order valence-corrected chi connectivity index (χ3v) is 6.38. The summed E-state index contributed by atoms with van der Waals surface area (Å²) < 4.78 is 88.3. The zero-order valence-electron chi connectivity index (χ0n) is 24.1. The molecule has 2 aromatic heterocycles. The highest BCUT2D eigenvalue weighted by atomic mass is 19.4. The van der Waals surface area contributed by atoms with Gasteiger partial charge in [0.25, 0.3) is 0 Å². The number of rotatable bonds is 8. The van der Waals surface area contributed by atoms with Gasteiger partial charge in [0, 0.05) is 17.8 Å². The van der Waals surface area contributed by atoms with E-state index in [1.54, 1.807) is 20.8 Å². The number of hydrazine groups is 1. The molecule has 1 unspecified atom stereocenters. The average molecular weight is 618 g/mol. The Morgan fingerprint density at radius 3 is 2.59 bits per heavy atom. The second kappa shape index (κ2) is 11.7. The van der Waals surface area contributed by atoms with Gasteiger partial charge in [0.2, 0.25) is 0 Å². The molecule has 0 aliphatic carbocycles. The lowest BCUT2D eigenvalue weighted by Gasteiger charge is -2.27. The van der Waals surface area contributed by atoms with Crippen molar-refractivity contribution in [2.45, 2.75) is 51.9 Å². The summed E-state index contributed by atoms with van der Waals surface area (Å²) in [6, 6.07) is 7.06. The summed E-state index contributed by atoms with van der Waals surface area (Å²) in [6.45, 7) is 7.04. The maximum absolute atomic E-state index is 14.4. The van der Waals surface area contributed by atoms with Crippen LogP contribution in [0.5, 0.6) is 5.75 Å². The number of ether oxygens (including phenoxy) is 2. The van der Waals surface area contributed by atoms with Crippen LogP contribution in [0.25, 0.3) is 17.3 Å². The second-order valence-electron chi connectivity index (χ2n) is 10.9. The number of halogens is 5. The minimum atomic E-state index is -4.74. The van der Waals surface area contributed by atoms with Crippen molar-refractivity contribution >= 4 is 23.6 Å². The molecule has 14 heteroatoms. The molecule has 1 aliphatic heterocycles. The van der Waals surface area contributed by atoms with Gasteiger partial charge in [0.1, 0.15) is 22.7 Å². The van der Waals surface area contributed by atoms with Gasteiger partial charge in [-0.1, -0.05) is 18.1 Å². The third kappa shape index (κ3) is 6.24. The van der Waals surface area contributed by atoms with Crippen LogP contribution < -0.4 is 15.2 Å². The predicted molar refractivity (Wildman–Crippen MR) is 150 cm³/mol. The predicted octanol–water partition coefficient (Wildman–Crippen LogP) is 7.37. The van der Waals surface area contributed by atoms with E-state index in [0.717, 1.165) is 12.1 Å². The standard InChI is InChI=1S/C30H28F5N5O4/c1-5-13-42-17-9-10-18(19(14-17)30(33,34)35)21-15-24(44-38-21)26(28(41)43-29(2,3)4)39-16-36-27-23(39)11-12-40(37-27)22-8-6-7-20(31)25(22)32/h6-12,14-16,26,37H,5,13H2,1-4H3. The average Bonchev–Trinajstić information content (AvgIpc) is 3.60. The molecule has 0 saturated heterocycles. The summed E-state index contributed by atoms with van der Waals surface area (Å²) in [5, 5.41) is 5.08. The molecule has 1 aliphatic rings. The molecule has 1 N–H and O–H groups in total. The largest absolute Gasteiger partial charge is 0.494 e. The van der Waals surface area contributed by atoms with Gasteiger partial charge >= 0.3 is 12.1 Å². The van der Waals surface area contributed by atoms with E-state index in [4.69, 9.17) is 14.0 Å². The van der Waals surface area contributed by atoms with Crippen LogP contribution in [0.1, 0.15) is 57.2 Å². The van der Waals surface area contributed by atoms with Crippen LogP contribution >= 0.6 is 0 Å². The molecule has 232 valence electrons. The summed E-state index contributed by atoms with van der Waals surface area (Å²) in [5.41, 5.74) is 0.680. The van der Waals surface area contributed by atoms with E-state index in [-0.39, 0.29) is 40.9 Å². The first-order chi connectivity index (χ1) is 20.8. The molecular weight excluding hydrogens is 589 g/mol. The molecule has 0 radical (unpaired) electrons. The van der Waals surface area contributed by atoms with Crippen molar-refractivity contribution in [1.82, 2.24) is 14.7 Å². The molecule has 1 atom stereocenters. The monoisotopic (exact) mass is 617 g/mol. The van der Waals surface area contributed by atoms with E-state index in [2.05, 4.69) is 15.6 Å². The number of carbonyl (C=O) groups excluding carboxylic acids is 1. The first-order valence-corrected chi connectivity index (χ1v) is 13.6. The fourth-order valence-electron chi connectivity index (χ4n) is 4.50. The van der Waals surface area contributed by atoms with Crippen LogP contribution in [-0.2, 0) is 15.7 Å². The lowest BCUT2D eigenvalue weighted by atomic mass is 10.0. The Labute approximate surface area is 248 Å². The van der Waals surface area contributed by atoms with Crippen molar-refractivity contribution < 1.29 is 40.7 Å². The highest BCUT2D eigenvalue weighted by Crippen LogP contribution is 2.40. The van der Waals surface area contributed by atoms with Crippen molar-refractivity contribution in [1.29, 1.82) is 0 Å². The number of nitrogens with one attached hydrogen (secondary N) is 1. The molecule has 5 rings (SSSR count). The number of benzene rings is 2. The number of nitrogens with zero attached hydrogens (tertiary/aromatic N) is 4. The van der Waals surface area contributed by atoms with Gasteiger partial charge < -0.3 is 18.6 Å². The second-order valence-corrected chi connectivity index (χ2v) is 10.9. The fourth-order valence-corrected chi connectivity index (χ4v) is 4.50. The van der Waals surface area contributed by atoms with Gasteiger partial charge in [-0.05, 0) is 63.6 Å². The number of imidazole rings is 1. The number of alkyl halides is 3. The number of anilines is 2. The van der Waals surface area contributed by atoms with Crippen molar-refractivity contribution in [2.75, 3.05) is 17.0 Å². The number of aromatic nitrogens is 3. The summed E-state index contributed by atoms with van der Waals surface area (Å²) in [4.78, 5) is 17.8. The van der Waals surface area contributed by atoms with E-state index in [1.165, 1.54) is 58.5 Å². The maximum atomic E-state index is 14.4. The minimum absolute atomic E-state index is 0.0507. The molecule has 0 saturated carbocycles. The van der Waals surface area contributed by atoms with Gasteiger partial charge in [-0.3, -0.25) is 10.4 Å². The zero-order chi connectivity index (χ0) is 31.8. The van der Waals surface area contributed by atoms with Gasteiger partial charge in [-0.15, -0.1) is 0 Å². The smallest absolute Gasteiger partial charge is 0.417 e. The van der Waals surface area contributed by atoms with Crippen LogP contribution in [0, 0.1) is 11.6 Å². The van der Waals surface area contributed by atoms with E-state index < -0.39 is 41.0 Å². The number of carbonyl (C=O) groups is 1. The Balaban J connectivity index is 1.54. The quantitative estimate of drug-likeness (QED) is 0.162. The van der Waals surface area contributed by atoms with Crippen LogP contribution in [0.3, 0.4) is 0 Å². The van der Waals surface area contributed by atoms with Gasteiger partial charge in [-0.25, -0.2) is 18.6 Å². The van der Waals surface area contributed by atoms with Gasteiger partial charge in [-0.2, -0.15) is 13.2 Å². The minimum Gasteiger partial charge on any atom is -0.494 e. The number of fused-ring (bicyclic) bond motifs is 1. The van der Waals surface area contributed by atoms with Crippen molar-refractivity contribution in [3.05, 3.63) is 83.6 Å². The van der Waals surface area contributed by atoms with Crippen molar-refractivity contribution in [3.8, 4) is 17.0 Å². The molecule has 0 bridgehead atoms. The Hall–Kier alpha value is -4.88. The van der Waals surface area contributed by atoms with E-state index in [1.807, 2.05) is 6.92 Å². The Morgan fingerprint density at radius 1 is 1.11 bits per heavy atom. The van der Waals surface area contributed by atoms with Crippen LogP contribution in [0.4, 0.5) is 33.5 Å². The van der Waals surface area contributed by atoms with Crippen LogP contribution in [-0.4, -0.2) is 32.9 Å². The van der Waals surface area contributed by atoms with Crippen LogP contribution in [0.2, 0.25) is 0 Å². The normalized spacial score (nSPS) is 13.8. The van der Waals surface area contributed by atoms with E-state index in [0.29, 0.717) is 12.1 Å². The molecule has 2 aromatic carbocycles. The fraction of sp³-hybridized carbons (Fsp3) is 0.300. The van der Waals surface area contributed by atoms with E-state index in [9.17, 15) is 26.7 Å². The summed E-state index contributed by atoms with van der Waals surface area (Å²) in [7, 11) is 0. The Kier molecular flexibility index (Phi) is 8.10. The molecule has 0 spiro atoms. The molecular formula is C30H28F5N5O4. The molecule has 4 aromatic rings. The summed E-state index contributed by atoms with van der Waals surface area (Å²) in [5.74, 6) is -2.83. The number of hydrogen-bond donors (Lipinski definition) is 1. The van der Waals surface area contributed by atoms with Crippen molar-refractivity contribution in [2.24, 2.45) is 0 Å². The van der Waals surface area contributed by atoms with Gasteiger partial charge in [0.05, 0.1) is 24.2 Å². The number of esters is 1.